The summed E-state index contributed by atoms with van der Waals surface area (Å²) in [6.45, 7) is 4.29. The molecule has 2 heterocycles. The predicted molar refractivity (Wildman–Crippen MR) is 102 cm³/mol. The van der Waals surface area contributed by atoms with Gasteiger partial charge >= 0.3 is 0 Å². The zero-order valence-corrected chi connectivity index (χ0v) is 15.5. The maximum atomic E-state index is 13.3. The predicted octanol–water partition coefficient (Wildman–Crippen LogP) is 2.63. The molecule has 6 heteroatoms. The minimum atomic E-state index is -1.12. The fourth-order valence-corrected chi connectivity index (χ4v) is 3.87. The van der Waals surface area contributed by atoms with Crippen LogP contribution in [-0.4, -0.2) is 30.4 Å². The van der Waals surface area contributed by atoms with Gasteiger partial charge in [-0.2, -0.15) is 5.26 Å². The summed E-state index contributed by atoms with van der Waals surface area (Å²) in [5.41, 5.74) is 7.39. The number of nitrogens with zero attached hydrogens (tertiary/aromatic N) is 3. The Hall–Kier alpha value is -3.33. The lowest BCUT2D eigenvalue weighted by molar-refractivity contribution is -0.137. The van der Waals surface area contributed by atoms with Crippen molar-refractivity contribution in [2.45, 2.75) is 19.4 Å². The highest BCUT2D eigenvalue weighted by molar-refractivity contribution is 6.08. The molecule has 0 aliphatic carbocycles. The molecule has 0 saturated heterocycles. The minimum absolute atomic E-state index is 0.155. The third-order valence-corrected chi connectivity index (χ3v) is 5.50. The highest BCUT2D eigenvalue weighted by Crippen LogP contribution is 2.53. The van der Waals surface area contributed by atoms with Crippen molar-refractivity contribution < 1.29 is 9.53 Å². The average molecular weight is 360 g/mol. The van der Waals surface area contributed by atoms with Gasteiger partial charge in [0.05, 0.1) is 18.2 Å². The number of aliphatic imine (C=N–C) groups is 1. The van der Waals surface area contributed by atoms with Crippen LogP contribution in [0.1, 0.15) is 25.0 Å². The molecule has 2 aliphatic rings. The summed E-state index contributed by atoms with van der Waals surface area (Å²) in [6, 6.07) is 15.2. The number of amides is 1. The first kappa shape index (κ1) is 17.1. The highest BCUT2D eigenvalue weighted by atomic mass is 16.5. The number of guanidine groups is 1. The molecular formula is C21H20N4O2. The number of carbonyl (C=O) groups excluding carboxylic acids is 1. The maximum absolute atomic E-state index is 13.3. The van der Waals surface area contributed by atoms with Crippen LogP contribution < -0.4 is 10.5 Å². The number of hydrogen-bond acceptors (Lipinski definition) is 5. The van der Waals surface area contributed by atoms with E-state index in [2.05, 4.69) is 11.1 Å². The Morgan fingerprint density at radius 3 is 2.63 bits per heavy atom. The van der Waals surface area contributed by atoms with Gasteiger partial charge in [-0.25, -0.2) is 4.99 Å². The van der Waals surface area contributed by atoms with Crippen LogP contribution in [0.3, 0.4) is 0 Å². The summed E-state index contributed by atoms with van der Waals surface area (Å²) in [5.74, 6) is 0.685. The van der Waals surface area contributed by atoms with Crippen molar-refractivity contribution >= 4 is 11.9 Å². The van der Waals surface area contributed by atoms with Crippen LogP contribution in [0.25, 0.3) is 11.1 Å². The Bertz CT molecular complexity index is 1030. The summed E-state index contributed by atoms with van der Waals surface area (Å²) < 4.78 is 5.95. The first-order valence-corrected chi connectivity index (χ1v) is 8.71. The van der Waals surface area contributed by atoms with E-state index in [-0.39, 0.29) is 11.9 Å². The van der Waals surface area contributed by atoms with Gasteiger partial charge in [-0.3, -0.25) is 9.69 Å². The summed E-state index contributed by atoms with van der Waals surface area (Å²) in [5, 5.41) is 9.18. The van der Waals surface area contributed by atoms with Gasteiger partial charge < -0.3 is 10.5 Å². The van der Waals surface area contributed by atoms with Crippen molar-refractivity contribution in [3.8, 4) is 22.9 Å². The topological polar surface area (TPSA) is 91.7 Å². The molecule has 4 rings (SSSR count). The van der Waals surface area contributed by atoms with E-state index in [1.54, 1.807) is 13.1 Å². The number of carbonyl (C=O) groups is 1. The SMILES string of the molecule is CN1C(=O)C2(N=C1N)c1cc(-c3cccc(C#N)c3)ccc1OCC2(C)C. The van der Waals surface area contributed by atoms with E-state index in [1.807, 2.05) is 50.2 Å². The first-order chi connectivity index (χ1) is 12.8. The Labute approximate surface area is 157 Å². The molecule has 0 fully saturated rings. The number of ether oxygens (including phenoxy) is 1. The minimum Gasteiger partial charge on any atom is -0.493 e. The largest absolute Gasteiger partial charge is 0.493 e. The average Bonchev–Trinajstić information content (AvgIpc) is 2.90. The van der Waals surface area contributed by atoms with E-state index in [4.69, 9.17) is 10.5 Å². The lowest BCUT2D eigenvalue weighted by Gasteiger charge is -2.44. The molecule has 136 valence electrons. The van der Waals surface area contributed by atoms with Gasteiger partial charge in [0.2, 0.25) is 0 Å². The first-order valence-electron chi connectivity index (χ1n) is 8.71. The fourth-order valence-electron chi connectivity index (χ4n) is 3.87. The second-order valence-corrected chi connectivity index (χ2v) is 7.62. The number of rotatable bonds is 1. The van der Waals surface area contributed by atoms with E-state index in [0.29, 0.717) is 23.5 Å². The number of nitriles is 1. The van der Waals surface area contributed by atoms with Gasteiger partial charge in [-0.05, 0) is 35.4 Å². The van der Waals surface area contributed by atoms with Crippen LogP contribution in [-0.2, 0) is 10.3 Å². The van der Waals surface area contributed by atoms with Gasteiger partial charge in [-0.1, -0.05) is 32.0 Å². The molecule has 0 aromatic heterocycles. The molecule has 0 saturated carbocycles. The zero-order valence-electron chi connectivity index (χ0n) is 15.5. The van der Waals surface area contributed by atoms with E-state index in [1.165, 1.54) is 4.90 Å². The second-order valence-electron chi connectivity index (χ2n) is 7.62. The van der Waals surface area contributed by atoms with Crippen molar-refractivity contribution in [1.29, 1.82) is 5.26 Å². The fraction of sp³-hybridized carbons (Fsp3) is 0.286. The van der Waals surface area contributed by atoms with Gasteiger partial charge in [-0.15, -0.1) is 0 Å². The zero-order chi connectivity index (χ0) is 19.4. The van der Waals surface area contributed by atoms with Gasteiger partial charge in [0, 0.05) is 18.0 Å². The molecule has 0 bridgehead atoms. The molecule has 2 aromatic carbocycles. The molecule has 1 spiro atoms. The van der Waals surface area contributed by atoms with Crippen LogP contribution in [0.2, 0.25) is 0 Å². The molecule has 1 unspecified atom stereocenters. The lowest BCUT2D eigenvalue weighted by atomic mass is 9.66. The number of nitrogens with two attached hydrogens (primary N) is 1. The molecular weight excluding hydrogens is 340 g/mol. The van der Waals surface area contributed by atoms with E-state index in [0.717, 1.165) is 11.1 Å². The van der Waals surface area contributed by atoms with Crippen LogP contribution in [0.4, 0.5) is 0 Å². The monoisotopic (exact) mass is 360 g/mol. The second kappa shape index (κ2) is 5.58. The van der Waals surface area contributed by atoms with E-state index >= 15 is 0 Å². The third-order valence-electron chi connectivity index (χ3n) is 5.50. The molecule has 2 aliphatic heterocycles. The molecule has 1 atom stereocenters. The molecule has 0 radical (unpaired) electrons. The Balaban J connectivity index is 1.95. The standard InChI is InChI=1S/C21H20N4O2/c1-20(2)12-27-17-8-7-15(14-6-4-5-13(9-14)11-22)10-16(17)21(20)18(26)25(3)19(23)24-21/h4-10H,12H2,1-3H3,(H2,23,24). The van der Waals surface area contributed by atoms with Gasteiger partial charge in [0.25, 0.3) is 5.91 Å². The Kier molecular flexibility index (Phi) is 3.54. The van der Waals surface area contributed by atoms with Crippen molar-refractivity contribution in [3.05, 3.63) is 53.6 Å². The van der Waals surface area contributed by atoms with E-state index in [9.17, 15) is 10.1 Å². The van der Waals surface area contributed by atoms with Crippen molar-refractivity contribution in [2.24, 2.45) is 16.1 Å². The molecule has 6 nitrogen and oxygen atoms in total. The Morgan fingerprint density at radius 1 is 1.22 bits per heavy atom. The lowest BCUT2D eigenvalue weighted by Crippen LogP contribution is -2.53. The van der Waals surface area contributed by atoms with Crippen molar-refractivity contribution in [2.75, 3.05) is 13.7 Å². The summed E-state index contributed by atoms with van der Waals surface area (Å²) in [7, 11) is 1.64. The normalized spacial score (nSPS) is 22.8. The summed E-state index contributed by atoms with van der Waals surface area (Å²) in [6.07, 6.45) is 0. The number of likely N-dealkylation sites (N-methyl/N-ethyl adjacent to an activating group) is 1. The van der Waals surface area contributed by atoms with Crippen molar-refractivity contribution in [3.63, 3.8) is 0 Å². The van der Waals surface area contributed by atoms with E-state index < -0.39 is 11.0 Å². The third kappa shape index (κ3) is 2.25. The number of fused-ring (bicyclic) bond motifs is 2. The van der Waals surface area contributed by atoms with Gasteiger partial charge in [0.1, 0.15) is 5.75 Å². The van der Waals surface area contributed by atoms with Gasteiger partial charge in [0.15, 0.2) is 11.5 Å². The molecule has 1 amide bonds. The number of benzene rings is 2. The van der Waals surface area contributed by atoms with Crippen molar-refractivity contribution in [1.82, 2.24) is 4.90 Å². The van der Waals surface area contributed by atoms with Crippen LogP contribution in [0, 0.1) is 16.7 Å². The molecule has 2 N–H and O–H groups in total. The molecule has 27 heavy (non-hydrogen) atoms. The summed E-state index contributed by atoms with van der Waals surface area (Å²) in [4.78, 5) is 19.3. The summed E-state index contributed by atoms with van der Waals surface area (Å²) >= 11 is 0. The molecule has 2 aromatic rings. The van der Waals surface area contributed by atoms with Crippen LogP contribution in [0.5, 0.6) is 5.75 Å². The highest BCUT2D eigenvalue weighted by Gasteiger charge is 2.61. The van der Waals surface area contributed by atoms with Crippen LogP contribution >= 0.6 is 0 Å². The quantitative estimate of drug-likeness (QED) is 0.846. The smallest absolute Gasteiger partial charge is 0.262 e. The van der Waals surface area contributed by atoms with Crippen LogP contribution in [0.15, 0.2) is 47.5 Å². The maximum Gasteiger partial charge on any atom is 0.262 e. The number of hydrogen-bond donors (Lipinski definition) is 1. The Morgan fingerprint density at radius 2 is 1.96 bits per heavy atom.